The van der Waals surface area contributed by atoms with Crippen molar-refractivity contribution in [3.8, 4) is 0 Å². The molecule has 0 aromatic heterocycles. The lowest BCUT2D eigenvalue weighted by Crippen LogP contribution is -2.23. The maximum atomic E-state index is 12.8. The molecule has 0 aliphatic heterocycles. The van der Waals surface area contributed by atoms with Gasteiger partial charge in [-0.15, -0.1) is 0 Å². The molecule has 3 nitrogen and oxygen atoms in total. The van der Waals surface area contributed by atoms with Crippen LogP contribution in [0.25, 0.3) is 0 Å². The first-order valence-corrected chi connectivity index (χ1v) is 7.52. The van der Waals surface area contributed by atoms with E-state index in [9.17, 15) is 9.18 Å². The summed E-state index contributed by atoms with van der Waals surface area (Å²) < 4.78 is 12.8. The molecule has 0 spiro atoms. The van der Waals surface area contributed by atoms with Crippen LogP contribution in [-0.2, 0) is 11.2 Å². The number of carbonyl (C=O) groups is 1. The van der Waals surface area contributed by atoms with Gasteiger partial charge in [0.05, 0.1) is 0 Å². The topological polar surface area (TPSA) is 41.1 Å². The van der Waals surface area contributed by atoms with Gasteiger partial charge < -0.3 is 10.6 Å². The van der Waals surface area contributed by atoms with E-state index in [4.69, 9.17) is 11.6 Å². The molecular formula is C17H18ClFN2O. The molecule has 0 bridgehead atoms. The Balaban J connectivity index is 1.61. The second kappa shape index (κ2) is 8.51. The molecule has 2 aromatic carbocycles. The van der Waals surface area contributed by atoms with Crippen molar-refractivity contribution in [2.75, 3.05) is 18.4 Å². The van der Waals surface area contributed by atoms with Crippen molar-refractivity contribution in [2.45, 2.75) is 12.8 Å². The Hall–Kier alpha value is -1.91. The zero-order valence-electron chi connectivity index (χ0n) is 12.1. The minimum Gasteiger partial charge on any atom is -0.326 e. The van der Waals surface area contributed by atoms with E-state index in [0.717, 1.165) is 24.2 Å². The highest BCUT2D eigenvalue weighted by molar-refractivity contribution is 6.30. The van der Waals surface area contributed by atoms with E-state index in [1.807, 2.05) is 0 Å². The highest BCUT2D eigenvalue weighted by Gasteiger charge is 2.02. The second-order valence-corrected chi connectivity index (χ2v) is 5.37. The summed E-state index contributed by atoms with van der Waals surface area (Å²) in [6.07, 6.45) is 1.20. The molecule has 0 atom stereocenters. The summed E-state index contributed by atoms with van der Waals surface area (Å²) in [5, 5.41) is 6.64. The third kappa shape index (κ3) is 5.84. The van der Waals surface area contributed by atoms with E-state index in [2.05, 4.69) is 10.6 Å². The van der Waals surface area contributed by atoms with Gasteiger partial charge in [0.25, 0.3) is 0 Å². The molecule has 5 heteroatoms. The van der Waals surface area contributed by atoms with Crippen molar-refractivity contribution in [3.63, 3.8) is 0 Å². The van der Waals surface area contributed by atoms with E-state index in [-0.39, 0.29) is 11.7 Å². The van der Waals surface area contributed by atoms with E-state index < -0.39 is 0 Å². The largest absolute Gasteiger partial charge is 0.326 e. The third-order valence-corrected chi connectivity index (χ3v) is 3.41. The first kappa shape index (κ1) is 16.5. The first-order chi connectivity index (χ1) is 10.6. The molecule has 0 fully saturated rings. The van der Waals surface area contributed by atoms with Crippen LogP contribution in [-0.4, -0.2) is 19.0 Å². The lowest BCUT2D eigenvalue weighted by molar-refractivity contribution is -0.116. The molecule has 116 valence electrons. The zero-order chi connectivity index (χ0) is 15.8. The van der Waals surface area contributed by atoms with Crippen LogP contribution in [0.2, 0.25) is 5.02 Å². The van der Waals surface area contributed by atoms with Gasteiger partial charge in [-0.05, 0) is 54.9 Å². The molecule has 0 unspecified atom stereocenters. The van der Waals surface area contributed by atoms with Gasteiger partial charge in [0.15, 0.2) is 0 Å². The van der Waals surface area contributed by atoms with Crippen molar-refractivity contribution < 1.29 is 9.18 Å². The van der Waals surface area contributed by atoms with Crippen LogP contribution in [0.5, 0.6) is 0 Å². The van der Waals surface area contributed by atoms with Crippen LogP contribution in [0.1, 0.15) is 12.0 Å². The maximum Gasteiger partial charge on any atom is 0.225 e. The minimum absolute atomic E-state index is 0.0448. The molecule has 0 aliphatic carbocycles. The van der Waals surface area contributed by atoms with E-state index in [0.29, 0.717) is 18.0 Å². The average molecular weight is 321 g/mol. The highest BCUT2D eigenvalue weighted by atomic mass is 35.5. The number of nitrogens with one attached hydrogen (secondary N) is 2. The number of benzene rings is 2. The van der Waals surface area contributed by atoms with Crippen LogP contribution < -0.4 is 10.6 Å². The van der Waals surface area contributed by atoms with Crippen LogP contribution in [0.3, 0.4) is 0 Å². The first-order valence-electron chi connectivity index (χ1n) is 7.14. The second-order valence-electron chi connectivity index (χ2n) is 4.93. The summed E-state index contributed by atoms with van der Waals surface area (Å²) in [7, 11) is 0. The van der Waals surface area contributed by atoms with Gasteiger partial charge >= 0.3 is 0 Å². The number of anilines is 1. The van der Waals surface area contributed by atoms with E-state index in [1.54, 1.807) is 36.4 Å². The Morgan fingerprint density at radius 2 is 1.68 bits per heavy atom. The summed E-state index contributed by atoms with van der Waals surface area (Å²) in [6, 6.07) is 13.4. The van der Waals surface area contributed by atoms with Crippen molar-refractivity contribution in [2.24, 2.45) is 0 Å². The van der Waals surface area contributed by atoms with Gasteiger partial charge in [-0.1, -0.05) is 23.7 Å². The third-order valence-electron chi connectivity index (χ3n) is 3.16. The molecule has 0 heterocycles. The van der Waals surface area contributed by atoms with E-state index >= 15 is 0 Å². The number of amides is 1. The smallest absolute Gasteiger partial charge is 0.225 e. The minimum atomic E-state index is -0.226. The quantitative estimate of drug-likeness (QED) is 0.765. The number of halogens is 2. The molecule has 0 aliphatic rings. The molecule has 2 rings (SSSR count). The summed E-state index contributed by atoms with van der Waals surface area (Å²) in [4.78, 5) is 11.7. The predicted molar refractivity (Wildman–Crippen MR) is 87.7 cm³/mol. The van der Waals surface area contributed by atoms with Gasteiger partial charge in [-0.25, -0.2) is 4.39 Å². The fraction of sp³-hybridized carbons (Fsp3) is 0.235. The summed E-state index contributed by atoms with van der Waals surface area (Å²) in [5.41, 5.74) is 1.81. The molecule has 2 N–H and O–H groups in total. The monoisotopic (exact) mass is 320 g/mol. The maximum absolute atomic E-state index is 12.8. The average Bonchev–Trinajstić information content (AvgIpc) is 2.51. The van der Waals surface area contributed by atoms with Crippen LogP contribution in [0, 0.1) is 5.82 Å². The molecule has 22 heavy (non-hydrogen) atoms. The lowest BCUT2D eigenvalue weighted by atomic mass is 10.1. The number of hydrogen-bond donors (Lipinski definition) is 2. The van der Waals surface area contributed by atoms with E-state index in [1.165, 1.54) is 12.1 Å². The van der Waals surface area contributed by atoms with Gasteiger partial charge in [0, 0.05) is 23.7 Å². The number of carbonyl (C=O) groups excluding carboxylic acids is 1. The van der Waals surface area contributed by atoms with Crippen LogP contribution in [0.15, 0.2) is 48.5 Å². The van der Waals surface area contributed by atoms with Gasteiger partial charge in [0.1, 0.15) is 5.82 Å². The van der Waals surface area contributed by atoms with Crippen molar-refractivity contribution in [3.05, 3.63) is 64.9 Å². The summed E-state index contributed by atoms with van der Waals surface area (Å²) in [5.74, 6) is -0.271. The molecule has 1 amide bonds. The summed E-state index contributed by atoms with van der Waals surface area (Å²) >= 11 is 5.78. The number of rotatable bonds is 7. The fourth-order valence-electron chi connectivity index (χ4n) is 1.97. The Labute approximate surface area is 134 Å². The Morgan fingerprint density at radius 3 is 2.36 bits per heavy atom. The van der Waals surface area contributed by atoms with Crippen molar-refractivity contribution in [1.82, 2.24) is 5.32 Å². The molecular weight excluding hydrogens is 303 g/mol. The van der Waals surface area contributed by atoms with Crippen molar-refractivity contribution in [1.29, 1.82) is 0 Å². The van der Waals surface area contributed by atoms with Crippen LogP contribution >= 0.6 is 11.6 Å². The Morgan fingerprint density at radius 1 is 1.00 bits per heavy atom. The molecule has 0 radical (unpaired) electrons. The predicted octanol–water partition coefficient (Wildman–Crippen LogP) is 3.64. The molecule has 0 saturated carbocycles. The van der Waals surface area contributed by atoms with Crippen LogP contribution in [0.4, 0.5) is 10.1 Å². The van der Waals surface area contributed by atoms with Crippen molar-refractivity contribution >= 4 is 23.2 Å². The standard InChI is InChI=1S/C17H18ClFN2O/c18-14-3-7-16(8-4-14)21-17(22)10-12-20-11-9-13-1-5-15(19)6-2-13/h1-8,20H,9-12H2,(H,21,22). The van der Waals surface area contributed by atoms with Gasteiger partial charge in [-0.3, -0.25) is 4.79 Å². The van der Waals surface area contributed by atoms with Gasteiger partial charge in [0.2, 0.25) is 5.91 Å². The highest BCUT2D eigenvalue weighted by Crippen LogP contribution is 2.13. The Kier molecular flexibility index (Phi) is 6.37. The Bertz CT molecular complexity index is 599. The summed E-state index contributed by atoms with van der Waals surface area (Å²) in [6.45, 7) is 1.35. The molecule has 0 saturated heterocycles. The van der Waals surface area contributed by atoms with Gasteiger partial charge in [-0.2, -0.15) is 0 Å². The number of hydrogen-bond acceptors (Lipinski definition) is 2. The lowest BCUT2D eigenvalue weighted by Gasteiger charge is -2.07. The normalized spacial score (nSPS) is 10.5. The SMILES string of the molecule is O=C(CCNCCc1ccc(F)cc1)Nc1ccc(Cl)cc1. The zero-order valence-corrected chi connectivity index (χ0v) is 12.9. The fourth-order valence-corrected chi connectivity index (χ4v) is 2.09. The molecule has 2 aromatic rings.